The van der Waals surface area contributed by atoms with Gasteiger partial charge in [0.2, 0.25) is 11.8 Å². The van der Waals surface area contributed by atoms with Crippen molar-refractivity contribution in [2.24, 2.45) is 5.73 Å². The van der Waals surface area contributed by atoms with Gasteiger partial charge in [0.25, 0.3) is 0 Å². The Labute approximate surface area is 93.3 Å². The molecule has 0 fully saturated rings. The van der Waals surface area contributed by atoms with Gasteiger partial charge in [0.15, 0.2) is 0 Å². The van der Waals surface area contributed by atoms with Gasteiger partial charge < -0.3 is 16.2 Å². The highest BCUT2D eigenvalue weighted by molar-refractivity contribution is 5.94. The van der Waals surface area contributed by atoms with E-state index in [1.54, 1.807) is 24.3 Å². The van der Waals surface area contributed by atoms with Crippen molar-refractivity contribution in [1.29, 1.82) is 0 Å². The van der Waals surface area contributed by atoms with E-state index in [1.807, 2.05) is 0 Å². The van der Waals surface area contributed by atoms with Crippen LogP contribution in [0.2, 0.25) is 0 Å². The maximum Gasteiger partial charge on any atom is 0.248 e. The van der Waals surface area contributed by atoms with Crippen LogP contribution in [0, 0.1) is 0 Å². The van der Waals surface area contributed by atoms with Crippen molar-refractivity contribution in [1.82, 2.24) is 0 Å². The van der Waals surface area contributed by atoms with Crippen LogP contribution in [0.4, 0.5) is 5.69 Å². The second-order valence-corrected chi connectivity index (χ2v) is 3.32. The Morgan fingerprint density at radius 2 is 1.88 bits per heavy atom. The summed E-state index contributed by atoms with van der Waals surface area (Å²) in [5.41, 5.74) is 6.08. The van der Waals surface area contributed by atoms with E-state index < -0.39 is 5.91 Å². The van der Waals surface area contributed by atoms with Crippen LogP contribution in [0.5, 0.6) is 0 Å². The second kappa shape index (κ2) is 5.87. The van der Waals surface area contributed by atoms with E-state index in [2.05, 4.69) is 5.32 Å². The molecule has 0 spiro atoms. The average molecular weight is 222 g/mol. The van der Waals surface area contributed by atoms with Crippen molar-refractivity contribution in [3.63, 3.8) is 0 Å². The Morgan fingerprint density at radius 3 is 2.38 bits per heavy atom. The summed E-state index contributed by atoms with van der Waals surface area (Å²) in [6.07, 6.45) is 0.708. The molecule has 0 radical (unpaired) electrons. The van der Waals surface area contributed by atoms with Crippen molar-refractivity contribution in [3.05, 3.63) is 29.8 Å². The van der Waals surface area contributed by atoms with E-state index in [1.165, 1.54) is 0 Å². The molecule has 0 aliphatic carbocycles. The summed E-state index contributed by atoms with van der Waals surface area (Å²) >= 11 is 0. The fourth-order valence-electron chi connectivity index (χ4n) is 1.18. The smallest absolute Gasteiger partial charge is 0.248 e. The molecule has 1 rings (SSSR count). The lowest BCUT2D eigenvalue weighted by molar-refractivity contribution is -0.116. The third-order valence-corrected chi connectivity index (χ3v) is 2.02. The highest BCUT2D eigenvalue weighted by Gasteiger charge is 2.03. The number of rotatable bonds is 5. The Morgan fingerprint density at radius 1 is 1.25 bits per heavy atom. The number of primary amides is 1. The first kappa shape index (κ1) is 12.2. The van der Waals surface area contributed by atoms with Gasteiger partial charge in [0, 0.05) is 24.3 Å². The monoisotopic (exact) mass is 222 g/mol. The summed E-state index contributed by atoms with van der Waals surface area (Å²) in [5, 5.41) is 11.2. The molecule has 0 aliphatic rings. The molecule has 0 saturated heterocycles. The molecule has 0 aliphatic heterocycles. The SMILES string of the molecule is NC(=O)c1ccc(NC(=O)CCCO)cc1. The van der Waals surface area contributed by atoms with Gasteiger partial charge in [-0.2, -0.15) is 0 Å². The van der Waals surface area contributed by atoms with Gasteiger partial charge in [-0.3, -0.25) is 9.59 Å². The van der Waals surface area contributed by atoms with Crippen LogP contribution in [0.3, 0.4) is 0 Å². The minimum absolute atomic E-state index is 0.00592. The Balaban J connectivity index is 2.55. The number of carbonyl (C=O) groups excluding carboxylic acids is 2. The number of aliphatic hydroxyl groups is 1. The molecule has 4 N–H and O–H groups in total. The standard InChI is InChI=1S/C11H14N2O3/c12-11(16)8-3-5-9(6-4-8)13-10(15)2-1-7-14/h3-6,14H,1-2,7H2,(H2,12,16)(H,13,15). The van der Waals surface area contributed by atoms with Crippen LogP contribution >= 0.6 is 0 Å². The number of nitrogens with two attached hydrogens (primary N) is 1. The van der Waals surface area contributed by atoms with Crippen molar-refractivity contribution in [2.75, 3.05) is 11.9 Å². The zero-order valence-corrected chi connectivity index (χ0v) is 8.77. The molecule has 16 heavy (non-hydrogen) atoms. The number of carbonyl (C=O) groups is 2. The third kappa shape index (κ3) is 3.70. The van der Waals surface area contributed by atoms with E-state index in [4.69, 9.17) is 10.8 Å². The summed E-state index contributed by atoms with van der Waals surface area (Å²) < 4.78 is 0. The average Bonchev–Trinajstić information content (AvgIpc) is 2.27. The van der Waals surface area contributed by atoms with Gasteiger partial charge >= 0.3 is 0 Å². The van der Waals surface area contributed by atoms with Crippen molar-refractivity contribution in [2.45, 2.75) is 12.8 Å². The molecule has 0 atom stereocenters. The van der Waals surface area contributed by atoms with E-state index in [-0.39, 0.29) is 18.9 Å². The van der Waals surface area contributed by atoms with Crippen molar-refractivity contribution in [3.8, 4) is 0 Å². The normalized spacial score (nSPS) is 9.81. The molecular formula is C11H14N2O3. The van der Waals surface area contributed by atoms with E-state index in [9.17, 15) is 9.59 Å². The fraction of sp³-hybridized carbons (Fsp3) is 0.273. The number of hydrogen-bond acceptors (Lipinski definition) is 3. The largest absolute Gasteiger partial charge is 0.396 e. The number of hydrogen-bond donors (Lipinski definition) is 3. The predicted octanol–water partition coefficient (Wildman–Crippen LogP) is 0.496. The molecule has 5 heteroatoms. The lowest BCUT2D eigenvalue weighted by Gasteiger charge is -2.04. The lowest BCUT2D eigenvalue weighted by Crippen LogP contribution is -2.13. The second-order valence-electron chi connectivity index (χ2n) is 3.32. The highest BCUT2D eigenvalue weighted by Crippen LogP contribution is 2.09. The molecule has 0 heterocycles. The Hall–Kier alpha value is -1.88. The van der Waals surface area contributed by atoms with Crippen LogP contribution in [-0.4, -0.2) is 23.5 Å². The molecule has 2 amide bonds. The fourth-order valence-corrected chi connectivity index (χ4v) is 1.18. The van der Waals surface area contributed by atoms with Crippen LogP contribution in [0.25, 0.3) is 0 Å². The summed E-state index contributed by atoms with van der Waals surface area (Å²) in [7, 11) is 0. The van der Waals surface area contributed by atoms with Gasteiger partial charge in [-0.25, -0.2) is 0 Å². The van der Waals surface area contributed by atoms with Crippen molar-refractivity contribution >= 4 is 17.5 Å². The topological polar surface area (TPSA) is 92.4 Å². The number of benzene rings is 1. The maximum absolute atomic E-state index is 11.3. The van der Waals surface area contributed by atoms with Gasteiger partial charge in [-0.05, 0) is 30.7 Å². The molecule has 5 nitrogen and oxygen atoms in total. The molecule has 0 aromatic heterocycles. The van der Waals surface area contributed by atoms with Crippen LogP contribution < -0.4 is 11.1 Å². The molecule has 0 saturated carbocycles. The summed E-state index contributed by atoms with van der Waals surface area (Å²) in [6, 6.07) is 6.31. The molecule has 86 valence electrons. The van der Waals surface area contributed by atoms with Crippen LogP contribution in [-0.2, 0) is 4.79 Å². The first-order chi connectivity index (χ1) is 7.63. The molecule has 1 aromatic carbocycles. The maximum atomic E-state index is 11.3. The number of nitrogens with one attached hydrogen (secondary N) is 1. The summed E-state index contributed by atoms with van der Waals surface area (Å²) in [5.74, 6) is -0.668. The Bertz CT molecular complexity index is 373. The van der Waals surface area contributed by atoms with Crippen LogP contribution in [0.15, 0.2) is 24.3 Å². The van der Waals surface area contributed by atoms with Gasteiger partial charge in [0.1, 0.15) is 0 Å². The lowest BCUT2D eigenvalue weighted by atomic mass is 10.2. The zero-order chi connectivity index (χ0) is 12.0. The molecule has 0 unspecified atom stereocenters. The zero-order valence-electron chi connectivity index (χ0n) is 8.77. The van der Waals surface area contributed by atoms with E-state index in [0.717, 1.165) is 0 Å². The Kier molecular flexibility index (Phi) is 4.47. The predicted molar refractivity (Wildman–Crippen MR) is 59.9 cm³/mol. The first-order valence-electron chi connectivity index (χ1n) is 4.94. The summed E-state index contributed by atoms with van der Waals surface area (Å²) in [6.45, 7) is -0.00592. The van der Waals surface area contributed by atoms with Gasteiger partial charge in [-0.15, -0.1) is 0 Å². The number of aliphatic hydroxyl groups excluding tert-OH is 1. The minimum Gasteiger partial charge on any atom is -0.396 e. The molecule has 1 aromatic rings. The first-order valence-corrected chi connectivity index (χ1v) is 4.94. The highest BCUT2D eigenvalue weighted by atomic mass is 16.3. The van der Waals surface area contributed by atoms with Gasteiger partial charge in [0.05, 0.1) is 0 Å². The van der Waals surface area contributed by atoms with Gasteiger partial charge in [-0.1, -0.05) is 0 Å². The quantitative estimate of drug-likeness (QED) is 0.677. The van der Waals surface area contributed by atoms with Crippen molar-refractivity contribution < 1.29 is 14.7 Å². The third-order valence-electron chi connectivity index (χ3n) is 2.02. The molecule has 0 bridgehead atoms. The number of anilines is 1. The number of amides is 2. The summed E-state index contributed by atoms with van der Waals surface area (Å²) in [4.78, 5) is 22.1. The van der Waals surface area contributed by atoms with E-state index in [0.29, 0.717) is 17.7 Å². The van der Waals surface area contributed by atoms with E-state index >= 15 is 0 Å². The van der Waals surface area contributed by atoms with Crippen LogP contribution in [0.1, 0.15) is 23.2 Å². The molecular weight excluding hydrogens is 208 g/mol. The minimum atomic E-state index is -0.502.